The van der Waals surface area contributed by atoms with E-state index in [1.54, 1.807) is 14.0 Å². The Balaban J connectivity index is 2.13. The third-order valence-electron chi connectivity index (χ3n) is 3.34. The number of halogens is 3. The van der Waals surface area contributed by atoms with Gasteiger partial charge >= 0.3 is 6.18 Å². The molecule has 26 heavy (non-hydrogen) atoms. The highest BCUT2D eigenvalue weighted by Crippen LogP contribution is 2.31. The highest BCUT2D eigenvalue weighted by Gasteiger charge is 2.30. The molecule has 0 spiro atoms. The van der Waals surface area contributed by atoms with E-state index in [2.05, 4.69) is 20.6 Å². The van der Waals surface area contributed by atoms with Gasteiger partial charge in [0.2, 0.25) is 0 Å². The standard InChI is InChI=1S/C17H19F3N4O2/c1-11-22-14(16(25)21-7-4-8-26-2)10-15(23-11)24-13-6-3-5-12(9-13)17(18,19)20/h3,5-6,9-10H,4,7-8H2,1-2H3,(H,21,25)(H,22,23,24). The zero-order valence-electron chi connectivity index (χ0n) is 14.4. The lowest BCUT2D eigenvalue weighted by Crippen LogP contribution is -2.26. The van der Waals surface area contributed by atoms with Gasteiger partial charge in [0.05, 0.1) is 5.56 Å². The lowest BCUT2D eigenvalue weighted by Gasteiger charge is -2.11. The van der Waals surface area contributed by atoms with E-state index in [0.29, 0.717) is 25.4 Å². The van der Waals surface area contributed by atoms with Crippen LogP contribution in [0.2, 0.25) is 0 Å². The minimum Gasteiger partial charge on any atom is -0.385 e. The summed E-state index contributed by atoms with van der Waals surface area (Å²) in [5.74, 6) is 0.168. The number of ether oxygens (including phenoxy) is 1. The molecule has 0 fully saturated rings. The average Bonchev–Trinajstić information content (AvgIpc) is 2.57. The minimum absolute atomic E-state index is 0.129. The largest absolute Gasteiger partial charge is 0.416 e. The molecule has 0 aliphatic rings. The summed E-state index contributed by atoms with van der Waals surface area (Å²) in [6.07, 6.45) is -3.78. The number of methoxy groups -OCH3 is 1. The number of hydrogen-bond donors (Lipinski definition) is 2. The summed E-state index contributed by atoms with van der Waals surface area (Å²) in [5, 5.41) is 5.47. The number of amides is 1. The molecule has 0 bridgehead atoms. The molecule has 0 saturated heterocycles. The van der Waals surface area contributed by atoms with Crippen molar-refractivity contribution < 1.29 is 22.7 Å². The van der Waals surface area contributed by atoms with Gasteiger partial charge in [-0.3, -0.25) is 4.79 Å². The molecule has 1 aromatic carbocycles. The Hall–Kier alpha value is -2.68. The quantitative estimate of drug-likeness (QED) is 0.734. The first kappa shape index (κ1) is 19.6. The maximum atomic E-state index is 12.8. The van der Waals surface area contributed by atoms with Crippen LogP contribution in [0, 0.1) is 6.92 Å². The van der Waals surface area contributed by atoms with Crippen molar-refractivity contribution in [2.24, 2.45) is 0 Å². The molecular weight excluding hydrogens is 349 g/mol. The first-order chi connectivity index (χ1) is 12.3. The maximum Gasteiger partial charge on any atom is 0.416 e. The summed E-state index contributed by atoms with van der Waals surface area (Å²) >= 11 is 0. The number of nitrogens with one attached hydrogen (secondary N) is 2. The lowest BCUT2D eigenvalue weighted by atomic mass is 10.2. The maximum absolute atomic E-state index is 12.8. The van der Waals surface area contributed by atoms with Crippen molar-refractivity contribution in [3.05, 3.63) is 47.4 Å². The molecule has 2 rings (SSSR count). The van der Waals surface area contributed by atoms with E-state index in [0.717, 1.165) is 12.1 Å². The highest BCUT2D eigenvalue weighted by atomic mass is 19.4. The van der Waals surface area contributed by atoms with Gasteiger partial charge < -0.3 is 15.4 Å². The Labute approximate surface area is 148 Å². The predicted octanol–water partition coefficient (Wildman–Crippen LogP) is 3.31. The van der Waals surface area contributed by atoms with Gasteiger partial charge in [-0.2, -0.15) is 13.2 Å². The third-order valence-corrected chi connectivity index (χ3v) is 3.34. The third kappa shape index (κ3) is 5.69. The van der Waals surface area contributed by atoms with Gasteiger partial charge in [-0.1, -0.05) is 6.07 Å². The number of nitrogens with zero attached hydrogens (tertiary/aromatic N) is 2. The van der Waals surface area contributed by atoms with Gasteiger partial charge in [0, 0.05) is 32.0 Å². The van der Waals surface area contributed by atoms with Crippen LogP contribution in [0.5, 0.6) is 0 Å². The normalized spacial score (nSPS) is 11.3. The Morgan fingerprint density at radius 2 is 2.00 bits per heavy atom. The van der Waals surface area contributed by atoms with Crippen molar-refractivity contribution in [2.45, 2.75) is 19.5 Å². The lowest BCUT2D eigenvalue weighted by molar-refractivity contribution is -0.137. The topological polar surface area (TPSA) is 76.1 Å². The molecular formula is C17H19F3N4O2. The van der Waals surface area contributed by atoms with Crippen LogP contribution in [-0.2, 0) is 10.9 Å². The fraction of sp³-hybridized carbons (Fsp3) is 0.353. The molecule has 0 aliphatic heterocycles. The number of carbonyl (C=O) groups excluding carboxylic acids is 1. The summed E-state index contributed by atoms with van der Waals surface area (Å²) in [4.78, 5) is 20.3. The number of carbonyl (C=O) groups is 1. The van der Waals surface area contributed by atoms with Crippen molar-refractivity contribution in [1.29, 1.82) is 0 Å². The fourth-order valence-corrected chi connectivity index (χ4v) is 2.18. The molecule has 0 atom stereocenters. The second-order valence-electron chi connectivity index (χ2n) is 5.49. The molecule has 0 radical (unpaired) electrons. The second-order valence-corrected chi connectivity index (χ2v) is 5.49. The Morgan fingerprint density at radius 1 is 1.23 bits per heavy atom. The monoisotopic (exact) mass is 368 g/mol. The number of aryl methyl sites for hydroxylation is 1. The molecule has 6 nitrogen and oxygen atoms in total. The summed E-state index contributed by atoms with van der Waals surface area (Å²) in [6, 6.07) is 6.12. The zero-order chi connectivity index (χ0) is 19.2. The van der Waals surface area contributed by atoms with Crippen molar-refractivity contribution >= 4 is 17.4 Å². The molecule has 2 N–H and O–H groups in total. The van der Waals surface area contributed by atoms with E-state index in [1.807, 2.05) is 0 Å². The number of alkyl halides is 3. The van der Waals surface area contributed by atoms with E-state index in [-0.39, 0.29) is 17.2 Å². The molecule has 0 saturated carbocycles. The van der Waals surface area contributed by atoms with E-state index < -0.39 is 17.6 Å². The van der Waals surface area contributed by atoms with E-state index in [1.165, 1.54) is 18.2 Å². The molecule has 0 aliphatic carbocycles. The second kappa shape index (κ2) is 8.61. The van der Waals surface area contributed by atoms with Gasteiger partial charge in [0.25, 0.3) is 5.91 Å². The van der Waals surface area contributed by atoms with Crippen molar-refractivity contribution in [3.63, 3.8) is 0 Å². The highest BCUT2D eigenvalue weighted by molar-refractivity contribution is 5.93. The van der Waals surface area contributed by atoms with Crippen LogP contribution >= 0.6 is 0 Å². The van der Waals surface area contributed by atoms with Crippen LogP contribution < -0.4 is 10.6 Å². The molecule has 0 unspecified atom stereocenters. The van der Waals surface area contributed by atoms with Crippen molar-refractivity contribution in [2.75, 3.05) is 25.6 Å². The smallest absolute Gasteiger partial charge is 0.385 e. The van der Waals surface area contributed by atoms with Crippen molar-refractivity contribution in [3.8, 4) is 0 Å². The first-order valence-corrected chi connectivity index (χ1v) is 7.86. The molecule has 140 valence electrons. The zero-order valence-corrected chi connectivity index (χ0v) is 14.4. The summed E-state index contributed by atoms with van der Waals surface area (Å²) in [7, 11) is 1.57. The molecule has 9 heteroatoms. The number of rotatable bonds is 7. The van der Waals surface area contributed by atoms with Crippen LogP contribution in [-0.4, -0.2) is 36.1 Å². The molecule has 1 heterocycles. The van der Waals surface area contributed by atoms with Crippen molar-refractivity contribution in [1.82, 2.24) is 15.3 Å². The van der Waals surface area contributed by atoms with Gasteiger partial charge in [0.15, 0.2) is 0 Å². The Bertz CT molecular complexity index is 766. The molecule has 1 aromatic heterocycles. The van der Waals surface area contributed by atoms with Crippen LogP contribution in [0.3, 0.4) is 0 Å². The summed E-state index contributed by atoms with van der Waals surface area (Å²) in [6.45, 7) is 2.54. The first-order valence-electron chi connectivity index (χ1n) is 7.86. The predicted molar refractivity (Wildman–Crippen MR) is 90.3 cm³/mol. The van der Waals surface area contributed by atoms with E-state index >= 15 is 0 Å². The SMILES string of the molecule is COCCCNC(=O)c1cc(Nc2cccc(C(F)(F)F)c2)nc(C)n1. The van der Waals surface area contributed by atoms with Crippen LogP contribution in [0.4, 0.5) is 24.7 Å². The average molecular weight is 368 g/mol. The van der Waals surface area contributed by atoms with Gasteiger partial charge in [-0.05, 0) is 31.5 Å². The van der Waals surface area contributed by atoms with Crippen LogP contribution in [0.25, 0.3) is 0 Å². The number of aromatic nitrogens is 2. The minimum atomic E-state index is -4.44. The summed E-state index contributed by atoms with van der Waals surface area (Å²) < 4.78 is 43.3. The fourth-order valence-electron chi connectivity index (χ4n) is 2.18. The Morgan fingerprint density at radius 3 is 2.69 bits per heavy atom. The number of benzene rings is 1. The number of anilines is 2. The van der Waals surface area contributed by atoms with Gasteiger partial charge in [-0.25, -0.2) is 9.97 Å². The molecule has 1 amide bonds. The van der Waals surface area contributed by atoms with Crippen LogP contribution in [0.15, 0.2) is 30.3 Å². The van der Waals surface area contributed by atoms with Gasteiger partial charge in [0.1, 0.15) is 17.3 Å². The number of hydrogen-bond acceptors (Lipinski definition) is 5. The van der Waals surface area contributed by atoms with E-state index in [9.17, 15) is 18.0 Å². The summed E-state index contributed by atoms with van der Waals surface area (Å²) in [5.41, 5.74) is -0.432. The van der Waals surface area contributed by atoms with Crippen LogP contribution in [0.1, 0.15) is 28.3 Å². The van der Waals surface area contributed by atoms with Gasteiger partial charge in [-0.15, -0.1) is 0 Å². The Kier molecular flexibility index (Phi) is 6.51. The molecule has 2 aromatic rings. The van der Waals surface area contributed by atoms with E-state index in [4.69, 9.17) is 4.74 Å².